The van der Waals surface area contributed by atoms with Crippen molar-refractivity contribution in [2.45, 2.75) is 13.8 Å². The highest BCUT2D eigenvalue weighted by Crippen LogP contribution is 2.09. The average molecular weight is 162 g/mol. The number of aryl methyl sites for hydroxylation is 2. The minimum absolute atomic E-state index is 0.525. The van der Waals surface area contributed by atoms with Crippen LogP contribution in [0.25, 0.3) is 5.65 Å². The molecule has 0 spiro atoms. The Bertz CT molecular complexity index is 430. The van der Waals surface area contributed by atoms with E-state index in [4.69, 9.17) is 5.73 Å². The first-order chi connectivity index (χ1) is 5.66. The van der Waals surface area contributed by atoms with E-state index >= 15 is 0 Å². The monoisotopic (exact) mass is 162 g/mol. The summed E-state index contributed by atoms with van der Waals surface area (Å²) >= 11 is 0. The standard InChI is InChI=1S/C8H10N4/c1-5-3-12-4-7(9)11-6(2)8(12)10-5/h3-4H,9H2,1-2H3. The molecule has 0 fully saturated rings. The highest BCUT2D eigenvalue weighted by atomic mass is 15.0. The number of hydrogen-bond acceptors (Lipinski definition) is 3. The Hall–Kier alpha value is -1.58. The van der Waals surface area contributed by atoms with Gasteiger partial charge in [0.1, 0.15) is 5.82 Å². The predicted octanol–water partition coefficient (Wildman–Crippen LogP) is 0.928. The van der Waals surface area contributed by atoms with Gasteiger partial charge in [-0.25, -0.2) is 9.97 Å². The van der Waals surface area contributed by atoms with Crippen LogP contribution in [-0.2, 0) is 0 Å². The van der Waals surface area contributed by atoms with Crippen LogP contribution in [0, 0.1) is 13.8 Å². The van der Waals surface area contributed by atoms with E-state index in [1.54, 1.807) is 6.20 Å². The van der Waals surface area contributed by atoms with Gasteiger partial charge in [0.2, 0.25) is 0 Å². The average Bonchev–Trinajstić information content (AvgIpc) is 2.29. The Balaban J connectivity index is 2.88. The molecule has 0 saturated heterocycles. The summed E-state index contributed by atoms with van der Waals surface area (Å²) in [5, 5.41) is 0. The zero-order chi connectivity index (χ0) is 8.72. The third-order valence-corrected chi connectivity index (χ3v) is 1.74. The van der Waals surface area contributed by atoms with E-state index in [1.165, 1.54) is 0 Å². The largest absolute Gasteiger partial charge is 0.382 e. The summed E-state index contributed by atoms with van der Waals surface area (Å²) in [7, 11) is 0. The molecule has 0 aliphatic carbocycles. The lowest BCUT2D eigenvalue weighted by Crippen LogP contribution is -1.97. The summed E-state index contributed by atoms with van der Waals surface area (Å²) in [6, 6.07) is 0. The van der Waals surface area contributed by atoms with Gasteiger partial charge >= 0.3 is 0 Å². The maximum Gasteiger partial charge on any atom is 0.158 e. The minimum atomic E-state index is 0.525. The zero-order valence-corrected chi connectivity index (χ0v) is 7.07. The van der Waals surface area contributed by atoms with E-state index in [9.17, 15) is 0 Å². The summed E-state index contributed by atoms with van der Waals surface area (Å²) in [4.78, 5) is 8.41. The number of rotatable bonds is 0. The molecule has 2 rings (SSSR count). The fourth-order valence-electron chi connectivity index (χ4n) is 1.30. The van der Waals surface area contributed by atoms with Crippen LogP contribution in [0.15, 0.2) is 12.4 Å². The molecule has 0 aliphatic rings. The van der Waals surface area contributed by atoms with Crippen molar-refractivity contribution in [1.29, 1.82) is 0 Å². The molecular formula is C8H10N4. The summed E-state index contributed by atoms with van der Waals surface area (Å²) in [5.41, 5.74) is 8.29. The molecule has 4 heteroatoms. The van der Waals surface area contributed by atoms with E-state index in [0.717, 1.165) is 17.0 Å². The van der Waals surface area contributed by atoms with Gasteiger partial charge in [0.15, 0.2) is 5.65 Å². The molecule has 4 nitrogen and oxygen atoms in total. The molecule has 2 N–H and O–H groups in total. The van der Waals surface area contributed by atoms with Gasteiger partial charge in [-0.1, -0.05) is 0 Å². The molecule has 0 amide bonds. The van der Waals surface area contributed by atoms with E-state index < -0.39 is 0 Å². The van der Waals surface area contributed by atoms with Gasteiger partial charge in [-0.2, -0.15) is 0 Å². The Morgan fingerprint density at radius 2 is 2.00 bits per heavy atom. The first-order valence-electron chi connectivity index (χ1n) is 3.75. The topological polar surface area (TPSA) is 56.2 Å². The second-order valence-electron chi connectivity index (χ2n) is 2.86. The Labute approximate surface area is 70.1 Å². The molecule has 2 aromatic heterocycles. The van der Waals surface area contributed by atoms with Crippen molar-refractivity contribution < 1.29 is 0 Å². The lowest BCUT2D eigenvalue weighted by Gasteiger charge is -1.97. The molecule has 0 aromatic carbocycles. The maximum absolute atomic E-state index is 5.57. The van der Waals surface area contributed by atoms with Crippen molar-refractivity contribution in [3.63, 3.8) is 0 Å². The number of nitrogens with two attached hydrogens (primary N) is 1. The molecular weight excluding hydrogens is 152 g/mol. The van der Waals surface area contributed by atoms with E-state index in [1.807, 2.05) is 24.4 Å². The molecule has 2 aromatic rings. The van der Waals surface area contributed by atoms with Gasteiger partial charge in [0.25, 0.3) is 0 Å². The number of hydrogen-bond donors (Lipinski definition) is 1. The molecule has 2 heterocycles. The number of anilines is 1. The van der Waals surface area contributed by atoms with Crippen molar-refractivity contribution in [3.05, 3.63) is 23.8 Å². The second kappa shape index (κ2) is 2.20. The number of aromatic nitrogens is 3. The fraction of sp³-hybridized carbons (Fsp3) is 0.250. The zero-order valence-electron chi connectivity index (χ0n) is 7.07. The maximum atomic E-state index is 5.57. The van der Waals surface area contributed by atoms with E-state index in [0.29, 0.717) is 5.82 Å². The van der Waals surface area contributed by atoms with Crippen LogP contribution in [0.1, 0.15) is 11.4 Å². The molecule has 0 atom stereocenters. The summed E-state index contributed by atoms with van der Waals surface area (Å²) < 4.78 is 1.90. The fourth-order valence-corrected chi connectivity index (χ4v) is 1.30. The number of nitrogens with zero attached hydrogens (tertiary/aromatic N) is 3. The van der Waals surface area contributed by atoms with Crippen LogP contribution in [-0.4, -0.2) is 14.4 Å². The second-order valence-corrected chi connectivity index (χ2v) is 2.86. The van der Waals surface area contributed by atoms with Crippen LogP contribution in [0.5, 0.6) is 0 Å². The lowest BCUT2D eigenvalue weighted by atomic mass is 10.5. The Morgan fingerprint density at radius 3 is 2.75 bits per heavy atom. The molecule has 62 valence electrons. The van der Waals surface area contributed by atoms with Gasteiger partial charge in [0.05, 0.1) is 17.6 Å². The van der Waals surface area contributed by atoms with E-state index in [2.05, 4.69) is 9.97 Å². The highest BCUT2D eigenvalue weighted by molar-refractivity contribution is 5.48. The van der Waals surface area contributed by atoms with Crippen LogP contribution >= 0.6 is 0 Å². The van der Waals surface area contributed by atoms with Gasteiger partial charge in [-0.05, 0) is 13.8 Å². The quantitative estimate of drug-likeness (QED) is 0.627. The summed E-state index contributed by atoms with van der Waals surface area (Å²) in [5.74, 6) is 0.525. The van der Waals surface area contributed by atoms with E-state index in [-0.39, 0.29) is 0 Å². The number of imidazole rings is 1. The van der Waals surface area contributed by atoms with Gasteiger partial charge in [-0.15, -0.1) is 0 Å². The molecule has 0 bridgehead atoms. The van der Waals surface area contributed by atoms with Gasteiger partial charge < -0.3 is 10.1 Å². The van der Waals surface area contributed by atoms with Crippen LogP contribution < -0.4 is 5.73 Å². The number of fused-ring (bicyclic) bond motifs is 1. The normalized spacial score (nSPS) is 10.8. The molecule has 0 unspecified atom stereocenters. The SMILES string of the molecule is Cc1cn2cc(N)nc(C)c2n1. The Morgan fingerprint density at radius 1 is 1.25 bits per heavy atom. The molecule has 0 aliphatic heterocycles. The molecule has 0 radical (unpaired) electrons. The minimum Gasteiger partial charge on any atom is -0.382 e. The third-order valence-electron chi connectivity index (χ3n) is 1.74. The summed E-state index contributed by atoms with van der Waals surface area (Å²) in [6.07, 6.45) is 3.70. The van der Waals surface area contributed by atoms with Gasteiger partial charge in [0, 0.05) is 6.20 Å². The van der Waals surface area contributed by atoms with Crippen molar-refractivity contribution >= 4 is 11.5 Å². The Kier molecular flexibility index (Phi) is 1.30. The molecule has 12 heavy (non-hydrogen) atoms. The van der Waals surface area contributed by atoms with Crippen molar-refractivity contribution in [2.75, 3.05) is 5.73 Å². The summed E-state index contributed by atoms with van der Waals surface area (Å²) in [6.45, 7) is 3.85. The molecule has 0 saturated carbocycles. The van der Waals surface area contributed by atoms with Crippen LogP contribution in [0.2, 0.25) is 0 Å². The van der Waals surface area contributed by atoms with Crippen LogP contribution in [0.3, 0.4) is 0 Å². The first kappa shape index (κ1) is 7.09. The number of nitrogen functional groups attached to an aromatic ring is 1. The highest BCUT2D eigenvalue weighted by Gasteiger charge is 2.02. The van der Waals surface area contributed by atoms with Crippen molar-refractivity contribution in [1.82, 2.24) is 14.4 Å². The predicted molar refractivity (Wildman–Crippen MR) is 46.9 cm³/mol. The van der Waals surface area contributed by atoms with Crippen molar-refractivity contribution in [2.24, 2.45) is 0 Å². The lowest BCUT2D eigenvalue weighted by molar-refractivity contribution is 1.09. The third kappa shape index (κ3) is 0.922. The first-order valence-corrected chi connectivity index (χ1v) is 3.75. The van der Waals surface area contributed by atoms with Crippen LogP contribution in [0.4, 0.5) is 5.82 Å². The smallest absolute Gasteiger partial charge is 0.158 e. The van der Waals surface area contributed by atoms with Crippen molar-refractivity contribution in [3.8, 4) is 0 Å². The van der Waals surface area contributed by atoms with Gasteiger partial charge in [-0.3, -0.25) is 0 Å².